The van der Waals surface area contributed by atoms with E-state index >= 15 is 0 Å². The highest BCUT2D eigenvalue weighted by molar-refractivity contribution is 7.89. The molecular formula is C14H19ClFNO3S. The highest BCUT2D eigenvalue weighted by atomic mass is 35.5. The van der Waals surface area contributed by atoms with Crippen LogP contribution in [-0.2, 0) is 20.6 Å². The van der Waals surface area contributed by atoms with Crippen molar-refractivity contribution in [2.75, 3.05) is 13.1 Å². The van der Waals surface area contributed by atoms with Gasteiger partial charge in [-0.2, -0.15) is 4.31 Å². The van der Waals surface area contributed by atoms with Crippen LogP contribution in [0.4, 0.5) is 4.39 Å². The number of rotatable bonds is 3. The Morgan fingerprint density at radius 3 is 2.43 bits per heavy atom. The molecule has 1 aliphatic heterocycles. The third-order valence-electron chi connectivity index (χ3n) is 3.47. The van der Waals surface area contributed by atoms with Gasteiger partial charge in [-0.3, -0.25) is 0 Å². The van der Waals surface area contributed by atoms with Crippen LogP contribution in [0, 0.1) is 12.7 Å². The summed E-state index contributed by atoms with van der Waals surface area (Å²) in [6.45, 7) is 5.78. The number of hydrogen-bond donors (Lipinski definition) is 0. The fraction of sp³-hybridized carbons (Fsp3) is 0.571. The highest BCUT2D eigenvalue weighted by Crippen LogP contribution is 2.25. The minimum atomic E-state index is -3.67. The quantitative estimate of drug-likeness (QED) is 0.798. The second-order valence-electron chi connectivity index (χ2n) is 5.43. The van der Waals surface area contributed by atoms with Crippen molar-refractivity contribution in [1.29, 1.82) is 0 Å². The zero-order valence-electron chi connectivity index (χ0n) is 12.3. The van der Waals surface area contributed by atoms with Gasteiger partial charge in [0.05, 0.1) is 23.0 Å². The zero-order valence-corrected chi connectivity index (χ0v) is 13.8. The van der Waals surface area contributed by atoms with Crippen LogP contribution in [0.2, 0.25) is 0 Å². The minimum Gasteiger partial charge on any atom is -0.373 e. The molecule has 1 fully saturated rings. The Hall–Kier alpha value is -0.690. The molecule has 0 aliphatic carbocycles. The number of halogens is 2. The first-order chi connectivity index (χ1) is 9.75. The number of ether oxygens (including phenoxy) is 1. The van der Waals surface area contributed by atoms with E-state index in [1.54, 1.807) is 0 Å². The number of aryl methyl sites for hydroxylation is 1. The van der Waals surface area contributed by atoms with Gasteiger partial charge in [-0.15, -0.1) is 11.6 Å². The molecule has 7 heteroatoms. The van der Waals surface area contributed by atoms with Crippen molar-refractivity contribution < 1.29 is 17.5 Å². The van der Waals surface area contributed by atoms with Gasteiger partial charge in [-0.1, -0.05) is 0 Å². The first-order valence-electron chi connectivity index (χ1n) is 6.76. The number of hydrogen-bond acceptors (Lipinski definition) is 3. The van der Waals surface area contributed by atoms with Crippen molar-refractivity contribution in [3.63, 3.8) is 0 Å². The summed E-state index contributed by atoms with van der Waals surface area (Å²) >= 11 is 5.69. The van der Waals surface area contributed by atoms with E-state index in [4.69, 9.17) is 16.3 Å². The molecule has 0 N–H and O–H groups in total. The largest absolute Gasteiger partial charge is 0.373 e. The molecule has 4 nitrogen and oxygen atoms in total. The van der Waals surface area contributed by atoms with E-state index < -0.39 is 15.8 Å². The summed E-state index contributed by atoms with van der Waals surface area (Å²) in [6.07, 6.45) is -0.338. The lowest BCUT2D eigenvalue weighted by Crippen LogP contribution is -2.48. The average molecular weight is 336 g/mol. The fourth-order valence-electron chi connectivity index (χ4n) is 2.53. The number of sulfonamides is 1. The summed E-state index contributed by atoms with van der Waals surface area (Å²) in [5.41, 5.74) is 0.477. The Balaban J connectivity index is 2.42. The van der Waals surface area contributed by atoms with E-state index in [0.717, 1.165) is 0 Å². The molecule has 0 amide bonds. The topological polar surface area (TPSA) is 46.6 Å². The second-order valence-corrected chi connectivity index (χ2v) is 7.63. The Bertz CT molecular complexity index is 625. The van der Waals surface area contributed by atoms with Gasteiger partial charge >= 0.3 is 0 Å². The number of nitrogens with zero attached hydrogens (tertiary/aromatic N) is 1. The van der Waals surface area contributed by atoms with E-state index in [0.29, 0.717) is 13.1 Å². The van der Waals surface area contributed by atoms with Crippen LogP contribution in [0.3, 0.4) is 0 Å². The standard InChI is InChI=1S/C14H19ClFNO3S/c1-9-4-13(5-12(6-15)14(9)16)21(18,19)17-7-10(2)20-11(3)8-17/h4-5,10-11H,6-8H2,1-3H3/t10-,11+. The predicted octanol–water partition coefficient (Wildman–Crippen LogP) is 2.67. The normalized spacial score (nSPS) is 24.2. The summed E-state index contributed by atoms with van der Waals surface area (Å²) in [7, 11) is -3.67. The van der Waals surface area contributed by atoms with Crippen molar-refractivity contribution in [2.24, 2.45) is 0 Å². The van der Waals surface area contributed by atoms with E-state index in [9.17, 15) is 12.8 Å². The van der Waals surface area contributed by atoms with Gasteiger partial charge in [0.2, 0.25) is 10.0 Å². The molecule has 1 aromatic rings. The molecule has 0 unspecified atom stereocenters. The van der Waals surface area contributed by atoms with Gasteiger partial charge in [0.1, 0.15) is 5.82 Å². The molecule has 1 aromatic carbocycles. The van der Waals surface area contributed by atoms with Crippen LogP contribution in [0.5, 0.6) is 0 Å². The Morgan fingerprint density at radius 2 is 1.90 bits per heavy atom. The van der Waals surface area contributed by atoms with E-state index in [1.165, 1.54) is 23.4 Å². The molecule has 0 bridgehead atoms. The Morgan fingerprint density at radius 1 is 1.33 bits per heavy atom. The van der Waals surface area contributed by atoms with Crippen molar-refractivity contribution in [2.45, 2.75) is 43.8 Å². The smallest absolute Gasteiger partial charge is 0.243 e. The lowest BCUT2D eigenvalue weighted by molar-refractivity contribution is -0.0440. The predicted molar refractivity (Wildman–Crippen MR) is 79.5 cm³/mol. The maximum absolute atomic E-state index is 13.8. The molecule has 0 aromatic heterocycles. The maximum atomic E-state index is 13.8. The van der Waals surface area contributed by atoms with Gasteiger partial charge < -0.3 is 4.74 Å². The summed E-state index contributed by atoms with van der Waals surface area (Å²) in [6, 6.07) is 2.67. The molecule has 2 atom stereocenters. The van der Waals surface area contributed by atoms with Crippen LogP contribution in [0.1, 0.15) is 25.0 Å². The van der Waals surface area contributed by atoms with Crippen molar-refractivity contribution in [3.05, 3.63) is 29.1 Å². The average Bonchev–Trinajstić information content (AvgIpc) is 2.40. The van der Waals surface area contributed by atoms with Crippen LogP contribution in [0.25, 0.3) is 0 Å². The van der Waals surface area contributed by atoms with Gasteiger partial charge in [-0.05, 0) is 38.5 Å². The molecule has 1 heterocycles. The molecule has 0 saturated carbocycles. The summed E-state index contributed by atoms with van der Waals surface area (Å²) in [5, 5.41) is 0. The first-order valence-corrected chi connectivity index (χ1v) is 8.73. The molecule has 0 spiro atoms. The third kappa shape index (κ3) is 3.39. The Labute approximate surface area is 129 Å². The van der Waals surface area contributed by atoms with Crippen LogP contribution in [0.15, 0.2) is 17.0 Å². The lowest BCUT2D eigenvalue weighted by Gasteiger charge is -2.34. The zero-order chi connectivity index (χ0) is 15.8. The second kappa shape index (κ2) is 6.20. The summed E-state index contributed by atoms with van der Waals surface area (Å²) < 4.78 is 46.2. The Kier molecular flexibility index (Phi) is 4.92. The molecular weight excluding hydrogens is 317 g/mol. The van der Waals surface area contributed by atoms with Gasteiger partial charge in [0, 0.05) is 18.7 Å². The molecule has 1 aliphatic rings. The van der Waals surface area contributed by atoms with Crippen molar-refractivity contribution >= 4 is 21.6 Å². The molecule has 0 radical (unpaired) electrons. The molecule has 118 valence electrons. The number of morpholine rings is 1. The molecule has 21 heavy (non-hydrogen) atoms. The van der Waals surface area contributed by atoms with E-state index in [1.807, 2.05) is 13.8 Å². The lowest BCUT2D eigenvalue weighted by atomic mass is 10.1. The van der Waals surface area contributed by atoms with Crippen LogP contribution >= 0.6 is 11.6 Å². The van der Waals surface area contributed by atoms with Crippen LogP contribution < -0.4 is 0 Å². The fourth-order valence-corrected chi connectivity index (χ4v) is 4.45. The summed E-state index contributed by atoms with van der Waals surface area (Å²) in [5.74, 6) is -0.515. The molecule has 1 saturated heterocycles. The minimum absolute atomic E-state index is 0.0635. The summed E-state index contributed by atoms with van der Waals surface area (Å²) in [4.78, 5) is 0.0818. The third-order valence-corrected chi connectivity index (χ3v) is 5.57. The highest BCUT2D eigenvalue weighted by Gasteiger charge is 2.32. The van der Waals surface area contributed by atoms with Crippen LogP contribution in [-0.4, -0.2) is 38.0 Å². The van der Waals surface area contributed by atoms with Gasteiger partial charge in [0.25, 0.3) is 0 Å². The number of benzene rings is 1. The van der Waals surface area contributed by atoms with Crippen molar-refractivity contribution in [3.8, 4) is 0 Å². The monoisotopic (exact) mass is 335 g/mol. The van der Waals surface area contributed by atoms with Gasteiger partial charge in [-0.25, -0.2) is 12.8 Å². The molecule has 2 rings (SSSR count). The maximum Gasteiger partial charge on any atom is 0.243 e. The van der Waals surface area contributed by atoms with Gasteiger partial charge in [0.15, 0.2) is 0 Å². The van der Waals surface area contributed by atoms with Crippen molar-refractivity contribution in [1.82, 2.24) is 4.31 Å². The first kappa shape index (κ1) is 16.7. The SMILES string of the molecule is Cc1cc(S(=O)(=O)N2C[C@@H](C)O[C@@H](C)C2)cc(CCl)c1F. The van der Waals surface area contributed by atoms with E-state index in [2.05, 4.69) is 0 Å². The number of alkyl halides is 1. The van der Waals surface area contributed by atoms with E-state index in [-0.39, 0.29) is 34.1 Å².